The van der Waals surface area contributed by atoms with Gasteiger partial charge >= 0.3 is 5.97 Å². The number of halogens is 1. The summed E-state index contributed by atoms with van der Waals surface area (Å²) in [6.45, 7) is 4.47. The summed E-state index contributed by atoms with van der Waals surface area (Å²) in [6, 6.07) is 10.3. The van der Waals surface area contributed by atoms with Crippen molar-refractivity contribution in [1.82, 2.24) is 10.2 Å². The number of imide groups is 1. The molecule has 1 heterocycles. The van der Waals surface area contributed by atoms with Gasteiger partial charge in [-0.25, -0.2) is 9.18 Å². The summed E-state index contributed by atoms with van der Waals surface area (Å²) in [6.07, 6.45) is -1.15. The summed E-state index contributed by atoms with van der Waals surface area (Å²) < 4.78 is 18.2. The van der Waals surface area contributed by atoms with Gasteiger partial charge in [-0.2, -0.15) is 0 Å². The second kappa shape index (κ2) is 8.44. The molecule has 0 saturated carbocycles. The van der Waals surface area contributed by atoms with Crippen molar-refractivity contribution in [2.24, 2.45) is 0 Å². The minimum Gasteiger partial charge on any atom is -0.451 e. The van der Waals surface area contributed by atoms with Gasteiger partial charge in [0.25, 0.3) is 17.7 Å². The first-order chi connectivity index (χ1) is 14.2. The summed E-state index contributed by atoms with van der Waals surface area (Å²) in [5.41, 5.74) is 1.13. The highest BCUT2D eigenvalue weighted by atomic mass is 19.1. The molecule has 3 rings (SSSR count). The zero-order valence-corrected chi connectivity index (χ0v) is 16.7. The zero-order chi connectivity index (χ0) is 22.0. The highest BCUT2D eigenvalue weighted by Gasteiger charge is 2.41. The van der Waals surface area contributed by atoms with Crippen LogP contribution in [0, 0.1) is 5.82 Å². The van der Waals surface area contributed by atoms with Gasteiger partial charge < -0.3 is 10.1 Å². The van der Waals surface area contributed by atoms with Gasteiger partial charge in [-0.15, -0.1) is 0 Å². The first-order valence-corrected chi connectivity index (χ1v) is 9.44. The number of nitrogens with one attached hydrogen (secondary N) is 1. The third kappa shape index (κ3) is 4.07. The van der Waals surface area contributed by atoms with Crippen LogP contribution < -0.4 is 5.32 Å². The Bertz CT molecular complexity index is 970. The summed E-state index contributed by atoms with van der Waals surface area (Å²) >= 11 is 0. The number of hydrogen-bond acceptors (Lipinski definition) is 5. The molecule has 1 N–H and O–H groups in total. The number of amides is 3. The number of carbonyl (C=O) groups excluding carboxylic acids is 4. The molecular weight excluding hydrogens is 391 g/mol. The minimum absolute atomic E-state index is 0.223. The SMILES string of the molecule is C[C@H](C(=O)O[C@H](C)C(=O)N[C@H](C)c1ccc(F)cc1)N1C(=O)c2ccccc2C1=O. The molecule has 7 nitrogen and oxygen atoms in total. The third-order valence-electron chi connectivity index (χ3n) is 4.94. The monoisotopic (exact) mass is 412 g/mol. The summed E-state index contributed by atoms with van der Waals surface area (Å²) in [5, 5.41) is 2.67. The van der Waals surface area contributed by atoms with Crippen LogP contribution in [0.25, 0.3) is 0 Å². The molecule has 3 amide bonds. The molecule has 2 aromatic carbocycles. The predicted molar refractivity (Wildman–Crippen MR) is 105 cm³/mol. The zero-order valence-electron chi connectivity index (χ0n) is 16.7. The Labute approximate surface area is 172 Å². The highest BCUT2D eigenvalue weighted by Crippen LogP contribution is 2.25. The Hall–Kier alpha value is -3.55. The lowest BCUT2D eigenvalue weighted by Crippen LogP contribution is -2.46. The van der Waals surface area contributed by atoms with E-state index in [2.05, 4.69) is 5.32 Å². The number of hydrogen-bond donors (Lipinski definition) is 1. The maximum atomic E-state index is 13.0. The van der Waals surface area contributed by atoms with Crippen LogP contribution in [-0.2, 0) is 14.3 Å². The van der Waals surface area contributed by atoms with E-state index in [0.717, 1.165) is 4.90 Å². The van der Waals surface area contributed by atoms with Crippen LogP contribution in [0.15, 0.2) is 48.5 Å². The quantitative estimate of drug-likeness (QED) is 0.582. The minimum atomic E-state index is -1.19. The van der Waals surface area contributed by atoms with Crippen molar-refractivity contribution in [2.75, 3.05) is 0 Å². The van der Waals surface area contributed by atoms with Crippen LogP contribution in [-0.4, -0.2) is 40.7 Å². The van der Waals surface area contributed by atoms with Crippen LogP contribution in [0.2, 0.25) is 0 Å². The van der Waals surface area contributed by atoms with Crippen LogP contribution in [0.4, 0.5) is 4.39 Å². The van der Waals surface area contributed by atoms with Crippen molar-refractivity contribution < 1.29 is 28.3 Å². The van der Waals surface area contributed by atoms with E-state index >= 15 is 0 Å². The Balaban J connectivity index is 1.61. The molecule has 8 heteroatoms. The molecule has 1 aliphatic rings. The maximum absolute atomic E-state index is 13.0. The molecule has 0 radical (unpaired) electrons. The largest absolute Gasteiger partial charge is 0.451 e. The summed E-state index contributed by atoms with van der Waals surface area (Å²) in [5.74, 6) is -2.98. The van der Waals surface area contributed by atoms with Crippen molar-refractivity contribution in [1.29, 1.82) is 0 Å². The van der Waals surface area contributed by atoms with E-state index < -0.39 is 41.9 Å². The Kier molecular flexibility index (Phi) is 5.96. The Morgan fingerprint density at radius 1 is 0.933 bits per heavy atom. The second-order valence-corrected chi connectivity index (χ2v) is 7.06. The second-order valence-electron chi connectivity index (χ2n) is 7.06. The van der Waals surface area contributed by atoms with Gasteiger partial charge in [-0.1, -0.05) is 24.3 Å². The van der Waals surface area contributed by atoms with Gasteiger partial charge in [-0.3, -0.25) is 19.3 Å². The van der Waals surface area contributed by atoms with Crippen molar-refractivity contribution in [3.8, 4) is 0 Å². The average molecular weight is 412 g/mol. The fraction of sp³-hybridized carbons (Fsp3) is 0.273. The lowest BCUT2D eigenvalue weighted by atomic mass is 10.1. The molecule has 0 spiro atoms. The van der Waals surface area contributed by atoms with Gasteiger partial charge in [0.1, 0.15) is 11.9 Å². The number of benzene rings is 2. The van der Waals surface area contributed by atoms with Crippen LogP contribution in [0.1, 0.15) is 53.1 Å². The van der Waals surface area contributed by atoms with E-state index in [0.29, 0.717) is 5.56 Å². The number of nitrogens with zero attached hydrogens (tertiary/aromatic N) is 1. The lowest BCUT2D eigenvalue weighted by molar-refractivity contribution is -0.158. The molecule has 0 saturated heterocycles. The van der Waals surface area contributed by atoms with E-state index in [4.69, 9.17) is 4.74 Å². The van der Waals surface area contributed by atoms with E-state index in [1.54, 1.807) is 31.2 Å². The number of esters is 1. The molecule has 156 valence electrons. The normalized spacial score (nSPS) is 15.9. The lowest BCUT2D eigenvalue weighted by Gasteiger charge is -2.23. The molecule has 3 atom stereocenters. The van der Waals surface area contributed by atoms with Gasteiger partial charge in [0.2, 0.25) is 0 Å². The van der Waals surface area contributed by atoms with Gasteiger partial charge in [0.05, 0.1) is 17.2 Å². The Morgan fingerprint density at radius 3 is 2.00 bits per heavy atom. The number of rotatable bonds is 6. The number of ether oxygens (including phenoxy) is 1. The molecule has 2 aromatic rings. The average Bonchev–Trinajstić information content (AvgIpc) is 2.98. The first-order valence-electron chi connectivity index (χ1n) is 9.44. The number of fused-ring (bicyclic) bond motifs is 1. The topological polar surface area (TPSA) is 92.8 Å². The van der Waals surface area contributed by atoms with Crippen molar-refractivity contribution in [3.05, 3.63) is 71.0 Å². The van der Waals surface area contributed by atoms with Crippen LogP contribution >= 0.6 is 0 Å². The molecule has 1 aliphatic heterocycles. The van der Waals surface area contributed by atoms with E-state index in [-0.39, 0.29) is 16.9 Å². The van der Waals surface area contributed by atoms with Crippen molar-refractivity contribution >= 4 is 23.7 Å². The van der Waals surface area contributed by atoms with Crippen molar-refractivity contribution in [2.45, 2.75) is 39.0 Å². The third-order valence-corrected chi connectivity index (χ3v) is 4.94. The highest BCUT2D eigenvalue weighted by molar-refractivity contribution is 6.22. The van der Waals surface area contributed by atoms with E-state index in [1.165, 1.54) is 38.1 Å². The maximum Gasteiger partial charge on any atom is 0.329 e. The molecule has 30 heavy (non-hydrogen) atoms. The predicted octanol–water partition coefficient (Wildman–Crippen LogP) is 2.62. The van der Waals surface area contributed by atoms with Gasteiger partial charge in [0, 0.05) is 0 Å². The molecule has 0 aliphatic carbocycles. The van der Waals surface area contributed by atoms with E-state index in [1.807, 2.05) is 0 Å². The molecule has 0 aromatic heterocycles. The standard InChI is InChI=1S/C22H21FN2O5/c1-12(15-8-10-16(23)11-9-15)24-19(26)14(3)30-22(29)13(2)25-20(27)17-6-4-5-7-18(17)21(25)28/h4-14H,1-3H3,(H,24,26)/t12-,13-,14-/m1/s1. The van der Waals surface area contributed by atoms with Gasteiger partial charge in [-0.05, 0) is 50.6 Å². The van der Waals surface area contributed by atoms with Crippen LogP contribution in [0.3, 0.4) is 0 Å². The summed E-state index contributed by atoms with van der Waals surface area (Å²) in [7, 11) is 0. The smallest absolute Gasteiger partial charge is 0.329 e. The molecule has 0 unspecified atom stereocenters. The summed E-state index contributed by atoms with van der Waals surface area (Å²) in [4.78, 5) is 50.7. The molecule has 0 fully saturated rings. The number of carbonyl (C=O) groups is 4. The molecule has 0 bridgehead atoms. The molecular formula is C22H21FN2O5. The van der Waals surface area contributed by atoms with Crippen LogP contribution in [0.5, 0.6) is 0 Å². The Morgan fingerprint density at radius 2 is 1.47 bits per heavy atom. The fourth-order valence-electron chi connectivity index (χ4n) is 3.16. The van der Waals surface area contributed by atoms with Gasteiger partial charge in [0.15, 0.2) is 6.10 Å². The first kappa shape index (κ1) is 21.2. The van der Waals surface area contributed by atoms with Crippen molar-refractivity contribution in [3.63, 3.8) is 0 Å². The fourth-order valence-corrected chi connectivity index (χ4v) is 3.16. The van der Waals surface area contributed by atoms with E-state index in [9.17, 15) is 23.6 Å².